The maximum absolute atomic E-state index is 12.5. The molecule has 0 bridgehead atoms. The van der Waals surface area contributed by atoms with Crippen LogP contribution in [0.2, 0.25) is 5.02 Å². The molecule has 0 aliphatic rings. The molecule has 0 radical (unpaired) electrons. The van der Waals surface area contributed by atoms with Crippen LogP contribution in [-0.2, 0) is 9.05 Å². The fraction of sp³-hybridized carbons (Fsp3) is 0.308. The molecular weight excluding hydrogens is 321 g/mol. The number of carbonyl (C=O) groups excluding carboxylic acids is 1. The van der Waals surface area contributed by atoms with E-state index in [1.165, 1.54) is 23.1 Å². The van der Waals surface area contributed by atoms with Crippen LogP contribution < -0.4 is 0 Å². The van der Waals surface area contributed by atoms with Crippen molar-refractivity contribution in [2.45, 2.75) is 18.2 Å². The molecule has 1 rings (SSSR count). The molecule has 4 nitrogen and oxygen atoms in total. The second-order valence-electron chi connectivity index (χ2n) is 4.09. The lowest BCUT2D eigenvalue weighted by atomic mass is 10.2. The first-order valence-electron chi connectivity index (χ1n) is 5.96. The Hall–Kier alpha value is -1.04. The van der Waals surface area contributed by atoms with Crippen LogP contribution in [0.5, 0.6) is 0 Å². The zero-order valence-electron chi connectivity index (χ0n) is 11.0. The van der Waals surface area contributed by atoms with Crippen LogP contribution in [0, 0.1) is 0 Å². The number of carbonyl (C=O) groups is 1. The largest absolute Gasteiger partial charge is 0.335 e. The molecule has 1 amide bonds. The van der Waals surface area contributed by atoms with Crippen LogP contribution in [0.4, 0.5) is 0 Å². The van der Waals surface area contributed by atoms with Gasteiger partial charge in [-0.2, -0.15) is 0 Å². The van der Waals surface area contributed by atoms with Gasteiger partial charge in [0.2, 0.25) is 0 Å². The summed E-state index contributed by atoms with van der Waals surface area (Å²) in [4.78, 5) is 13.7. The van der Waals surface area contributed by atoms with Crippen molar-refractivity contribution in [3.63, 3.8) is 0 Å². The Balaban J connectivity index is 3.37. The van der Waals surface area contributed by atoms with Crippen molar-refractivity contribution in [3.8, 4) is 0 Å². The maximum Gasteiger partial charge on any atom is 0.262 e. The van der Waals surface area contributed by atoms with E-state index in [9.17, 15) is 13.2 Å². The fourth-order valence-electron chi connectivity index (χ4n) is 1.77. The van der Waals surface area contributed by atoms with Crippen LogP contribution in [0.3, 0.4) is 0 Å². The van der Waals surface area contributed by atoms with Crippen molar-refractivity contribution in [1.29, 1.82) is 0 Å². The Morgan fingerprint density at radius 3 is 2.60 bits per heavy atom. The molecule has 0 N–H and O–H groups in total. The number of rotatable bonds is 6. The maximum atomic E-state index is 12.5. The molecule has 1 aromatic rings. The summed E-state index contributed by atoms with van der Waals surface area (Å²) in [7, 11) is 1.31. The second-order valence-corrected chi connectivity index (χ2v) is 7.03. The van der Waals surface area contributed by atoms with Crippen molar-refractivity contribution < 1.29 is 13.2 Å². The van der Waals surface area contributed by atoms with Gasteiger partial charge in [-0.05, 0) is 18.6 Å². The van der Waals surface area contributed by atoms with Crippen LogP contribution in [0.15, 0.2) is 35.7 Å². The summed E-state index contributed by atoms with van der Waals surface area (Å²) < 4.78 is 23.1. The van der Waals surface area contributed by atoms with Crippen LogP contribution in [-0.4, -0.2) is 32.3 Å². The van der Waals surface area contributed by atoms with E-state index in [0.29, 0.717) is 13.1 Å². The normalized spacial score (nSPS) is 11.2. The van der Waals surface area contributed by atoms with Gasteiger partial charge in [-0.1, -0.05) is 30.7 Å². The van der Waals surface area contributed by atoms with E-state index in [1.54, 1.807) is 6.08 Å². The molecule has 1 aromatic carbocycles. The van der Waals surface area contributed by atoms with Gasteiger partial charge in [0.25, 0.3) is 15.0 Å². The highest BCUT2D eigenvalue weighted by atomic mass is 35.7. The Morgan fingerprint density at radius 1 is 1.45 bits per heavy atom. The third kappa shape index (κ3) is 3.98. The van der Waals surface area contributed by atoms with E-state index in [4.69, 9.17) is 22.3 Å². The highest BCUT2D eigenvalue weighted by Crippen LogP contribution is 2.28. The molecule has 0 saturated carbocycles. The summed E-state index contributed by atoms with van der Waals surface area (Å²) in [5.74, 6) is -0.475. The van der Waals surface area contributed by atoms with E-state index in [1.807, 2.05) is 6.92 Å². The molecule has 20 heavy (non-hydrogen) atoms. The molecule has 0 aromatic heterocycles. The van der Waals surface area contributed by atoms with Gasteiger partial charge in [0.15, 0.2) is 0 Å². The molecule has 0 atom stereocenters. The van der Waals surface area contributed by atoms with Gasteiger partial charge in [-0.25, -0.2) is 8.42 Å². The van der Waals surface area contributed by atoms with E-state index < -0.39 is 15.0 Å². The molecular formula is C13H15Cl2NO3S. The number of hydrogen-bond donors (Lipinski definition) is 0. The molecule has 0 unspecified atom stereocenters. The lowest BCUT2D eigenvalue weighted by Gasteiger charge is -2.22. The standard InChI is InChI=1S/C13H15Cl2NO3S/c1-3-8-16(9-4-2)13(17)12-10(14)6-5-7-11(12)20(15,18)19/h3,5-7H,1,4,8-9H2,2H3. The van der Waals surface area contributed by atoms with Gasteiger partial charge in [-0.15, -0.1) is 6.58 Å². The lowest BCUT2D eigenvalue weighted by molar-refractivity contribution is 0.0770. The second kappa shape index (κ2) is 7.11. The number of benzene rings is 1. The number of amides is 1. The number of nitrogens with zero attached hydrogens (tertiary/aromatic N) is 1. The lowest BCUT2D eigenvalue weighted by Crippen LogP contribution is -2.33. The molecule has 110 valence electrons. The quantitative estimate of drug-likeness (QED) is 0.592. The van der Waals surface area contributed by atoms with Gasteiger partial charge in [0, 0.05) is 23.8 Å². The van der Waals surface area contributed by atoms with Gasteiger partial charge >= 0.3 is 0 Å². The van der Waals surface area contributed by atoms with Gasteiger partial charge in [-0.3, -0.25) is 4.79 Å². The number of halogens is 2. The summed E-state index contributed by atoms with van der Waals surface area (Å²) in [6.07, 6.45) is 2.30. The molecule has 0 saturated heterocycles. The Kier molecular flexibility index (Phi) is 6.05. The zero-order chi connectivity index (χ0) is 15.3. The third-order valence-corrected chi connectivity index (χ3v) is 4.26. The van der Waals surface area contributed by atoms with Crippen LogP contribution in [0.1, 0.15) is 23.7 Å². The van der Waals surface area contributed by atoms with Gasteiger partial charge < -0.3 is 4.90 Å². The Morgan fingerprint density at radius 2 is 2.10 bits per heavy atom. The van der Waals surface area contributed by atoms with E-state index in [-0.39, 0.29) is 15.5 Å². The zero-order valence-corrected chi connectivity index (χ0v) is 13.3. The first kappa shape index (κ1) is 17.0. The predicted molar refractivity (Wildman–Crippen MR) is 80.9 cm³/mol. The predicted octanol–water partition coefficient (Wildman–Crippen LogP) is 3.31. The van der Waals surface area contributed by atoms with Crippen molar-refractivity contribution in [3.05, 3.63) is 41.4 Å². The minimum atomic E-state index is -4.05. The van der Waals surface area contributed by atoms with E-state index in [2.05, 4.69) is 6.58 Å². The first-order chi connectivity index (χ1) is 9.32. The third-order valence-electron chi connectivity index (χ3n) is 2.58. The SMILES string of the molecule is C=CCN(CCC)C(=O)c1c(Cl)cccc1S(=O)(=O)Cl. The minimum Gasteiger partial charge on any atom is -0.335 e. The average Bonchev–Trinajstić information content (AvgIpc) is 2.36. The monoisotopic (exact) mass is 335 g/mol. The summed E-state index contributed by atoms with van der Waals surface area (Å²) in [5.41, 5.74) is -0.0977. The molecule has 0 aliphatic heterocycles. The number of hydrogen-bond acceptors (Lipinski definition) is 3. The van der Waals surface area contributed by atoms with E-state index in [0.717, 1.165) is 6.42 Å². The highest BCUT2D eigenvalue weighted by molar-refractivity contribution is 8.13. The molecule has 0 aliphatic carbocycles. The van der Waals surface area contributed by atoms with Gasteiger partial charge in [0.05, 0.1) is 15.5 Å². The molecule has 0 heterocycles. The van der Waals surface area contributed by atoms with Gasteiger partial charge in [0.1, 0.15) is 0 Å². The summed E-state index contributed by atoms with van der Waals surface area (Å²) in [5, 5.41) is 0.0573. The summed E-state index contributed by atoms with van der Waals surface area (Å²) in [6.45, 7) is 6.27. The van der Waals surface area contributed by atoms with Crippen molar-refractivity contribution >= 4 is 37.2 Å². The Bertz CT molecular complexity index is 614. The van der Waals surface area contributed by atoms with Crippen molar-refractivity contribution in [2.75, 3.05) is 13.1 Å². The molecule has 0 fully saturated rings. The highest BCUT2D eigenvalue weighted by Gasteiger charge is 2.26. The molecule has 7 heteroatoms. The topological polar surface area (TPSA) is 54.5 Å². The van der Waals surface area contributed by atoms with Crippen molar-refractivity contribution in [1.82, 2.24) is 4.90 Å². The molecule has 0 spiro atoms. The van der Waals surface area contributed by atoms with Crippen LogP contribution >= 0.6 is 22.3 Å². The van der Waals surface area contributed by atoms with Crippen molar-refractivity contribution in [2.24, 2.45) is 0 Å². The summed E-state index contributed by atoms with van der Waals surface area (Å²) in [6, 6.07) is 4.16. The average molecular weight is 336 g/mol. The fourth-order valence-corrected chi connectivity index (χ4v) is 3.15. The minimum absolute atomic E-state index is 0.0573. The van der Waals surface area contributed by atoms with E-state index >= 15 is 0 Å². The van der Waals surface area contributed by atoms with Crippen LogP contribution in [0.25, 0.3) is 0 Å². The summed E-state index contributed by atoms with van der Waals surface area (Å²) >= 11 is 5.98. The smallest absolute Gasteiger partial charge is 0.262 e. The Labute approximate surface area is 128 Å². The first-order valence-corrected chi connectivity index (χ1v) is 8.65.